The summed E-state index contributed by atoms with van der Waals surface area (Å²) in [5.74, 6) is 1.25. The largest absolute Gasteiger partial charge is 0.487 e. The van der Waals surface area contributed by atoms with Crippen molar-refractivity contribution in [1.82, 2.24) is 9.97 Å². The third-order valence-electron chi connectivity index (χ3n) is 2.10. The van der Waals surface area contributed by atoms with Gasteiger partial charge in [0.2, 0.25) is 0 Å². The number of hydrogen-bond donors (Lipinski definition) is 1. The fourth-order valence-corrected chi connectivity index (χ4v) is 1.30. The van der Waals surface area contributed by atoms with Gasteiger partial charge in [-0.05, 0) is 24.6 Å². The summed E-state index contributed by atoms with van der Waals surface area (Å²) in [6.07, 6.45) is 3.14. The summed E-state index contributed by atoms with van der Waals surface area (Å²) >= 11 is 0. The summed E-state index contributed by atoms with van der Waals surface area (Å²) in [6.45, 7) is 2.42. The molecule has 4 nitrogen and oxygen atoms in total. The van der Waals surface area contributed by atoms with E-state index in [4.69, 9.17) is 10.5 Å². The number of aromatic nitrogens is 2. The zero-order valence-electron chi connectivity index (χ0n) is 9.05. The summed E-state index contributed by atoms with van der Waals surface area (Å²) in [7, 11) is 0. The van der Waals surface area contributed by atoms with Gasteiger partial charge in [0.15, 0.2) is 0 Å². The first-order chi connectivity index (χ1) is 7.74. The minimum atomic E-state index is 0.400. The molecular weight excluding hydrogens is 202 g/mol. The van der Waals surface area contributed by atoms with Gasteiger partial charge in [-0.2, -0.15) is 0 Å². The average Bonchev–Trinajstić information content (AvgIpc) is 2.28. The molecule has 0 spiro atoms. The van der Waals surface area contributed by atoms with E-state index in [1.54, 1.807) is 6.20 Å². The van der Waals surface area contributed by atoms with E-state index in [9.17, 15) is 0 Å². The second kappa shape index (κ2) is 4.61. The Balaban J connectivity index is 1.99. The molecule has 0 aliphatic heterocycles. The van der Waals surface area contributed by atoms with Crippen molar-refractivity contribution in [2.45, 2.75) is 13.5 Å². The van der Waals surface area contributed by atoms with Crippen LogP contribution in [0.1, 0.15) is 11.3 Å². The standard InChI is InChI=1S/C12H13N3O/c1-9-3-2-4-11(5-9)16-8-10-6-15-12(13)7-14-10/h2-7H,8H2,1H3,(H2,13,15). The molecule has 0 fully saturated rings. The van der Waals surface area contributed by atoms with Gasteiger partial charge in [0.1, 0.15) is 18.2 Å². The predicted molar refractivity (Wildman–Crippen MR) is 62.0 cm³/mol. The number of rotatable bonds is 3. The molecule has 0 amide bonds. The molecule has 2 rings (SSSR count). The van der Waals surface area contributed by atoms with Crippen LogP contribution in [-0.4, -0.2) is 9.97 Å². The summed E-state index contributed by atoms with van der Waals surface area (Å²) < 4.78 is 5.57. The second-order valence-electron chi connectivity index (χ2n) is 3.54. The molecule has 0 aliphatic rings. The lowest BCUT2D eigenvalue weighted by molar-refractivity contribution is 0.300. The molecule has 82 valence electrons. The van der Waals surface area contributed by atoms with E-state index in [1.165, 1.54) is 11.8 Å². The Morgan fingerprint density at radius 3 is 2.81 bits per heavy atom. The molecule has 16 heavy (non-hydrogen) atoms. The van der Waals surface area contributed by atoms with E-state index in [1.807, 2.05) is 31.2 Å². The average molecular weight is 215 g/mol. The number of benzene rings is 1. The second-order valence-corrected chi connectivity index (χ2v) is 3.54. The van der Waals surface area contributed by atoms with Gasteiger partial charge in [0.25, 0.3) is 0 Å². The topological polar surface area (TPSA) is 61.0 Å². The quantitative estimate of drug-likeness (QED) is 0.850. The molecule has 0 aliphatic carbocycles. The molecule has 1 aromatic heterocycles. The Bertz CT molecular complexity index is 468. The number of aryl methyl sites for hydroxylation is 1. The molecule has 4 heteroatoms. The molecular formula is C12H13N3O. The Hall–Kier alpha value is -2.10. The third kappa shape index (κ3) is 2.70. The highest BCUT2D eigenvalue weighted by molar-refractivity contribution is 5.27. The number of nitrogen functional groups attached to an aromatic ring is 1. The highest BCUT2D eigenvalue weighted by Gasteiger charge is 1.98. The van der Waals surface area contributed by atoms with Gasteiger partial charge in [-0.25, -0.2) is 4.98 Å². The van der Waals surface area contributed by atoms with Crippen molar-refractivity contribution < 1.29 is 4.74 Å². The molecule has 1 heterocycles. The van der Waals surface area contributed by atoms with Crippen molar-refractivity contribution in [3.05, 3.63) is 47.9 Å². The van der Waals surface area contributed by atoms with Gasteiger partial charge in [-0.15, -0.1) is 0 Å². The smallest absolute Gasteiger partial charge is 0.141 e. The van der Waals surface area contributed by atoms with Gasteiger partial charge >= 0.3 is 0 Å². The van der Waals surface area contributed by atoms with Crippen LogP contribution in [0.3, 0.4) is 0 Å². The highest BCUT2D eigenvalue weighted by atomic mass is 16.5. The fourth-order valence-electron chi connectivity index (χ4n) is 1.30. The minimum Gasteiger partial charge on any atom is -0.487 e. The van der Waals surface area contributed by atoms with E-state index in [0.29, 0.717) is 12.4 Å². The Morgan fingerprint density at radius 1 is 1.25 bits per heavy atom. The summed E-state index contributed by atoms with van der Waals surface area (Å²) in [4.78, 5) is 8.05. The van der Waals surface area contributed by atoms with Gasteiger partial charge in [0.05, 0.1) is 18.1 Å². The van der Waals surface area contributed by atoms with E-state index in [2.05, 4.69) is 9.97 Å². The number of nitrogens with zero attached hydrogens (tertiary/aromatic N) is 2. The highest BCUT2D eigenvalue weighted by Crippen LogP contribution is 2.13. The van der Waals surface area contributed by atoms with Crippen molar-refractivity contribution in [2.24, 2.45) is 0 Å². The molecule has 0 atom stereocenters. The molecule has 0 unspecified atom stereocenters. The molecule has 1 aromatic carbocycles. The van der Waals surface area contributed by atoms with Crippen LogP contribution in [0, 0.1) is 6.92 Å². The summed E-state index contributed by atoms with van der Waals surface area (Å²) in [5.41, 5.74) is 7.37. The first-order valence-corrected chi connectivity index (χ1v) is 5.00. The predicted octanol–water partition coefficient (Wildman–Crippen LogP) is 1.95. The SMILES string of the molecule is Cc1cccc(OCc2cnc(N)cn2)c1. The van der Waals surface area contributed by atoms with Crippen LogP contribution >= 0.6 is 0 Å². The van der Waals surface area contributed by atoms with Crippen molar-refractivity contribution in [3.8, 4) is 5.75 Å². The van der Waals surface area contributed by atoms with Gasteiger partial charge in [-0.1, -0.05) is 12.1 Å². The maximum Gasteiger partial charge on any atom is 0.141 e. The zero-order chi connectivity index (χ0) is 11.4. The van der Waals surface area contributed by atoms with E-state index < -0.39 is 0 Å². The zero-order valence-corrected chi connectivity index (χ0v) is 9.05. The Kier molecular flexibility index (Phi) is 3.00. The Morgan fingerprint density at radius 2 is 2.12 bits per heavy atom. The van der Waals surface area contributed by atoms with Crippen molar-refractivity contribution >= 4 is 5.82 Å². The van der Waals surface area contributed by atoms with Crippen LogP contribution in [0.25, 0.3) is 0 Å². The maximum atomic E-state index is 5.57. The number of nitrogens with two attached hydrogens (primary N) is 1. The van der Waals surface area contributed by atoms with E-state index in [-0.39, 0.29) is 0 Å². The molecule has 2 aromatic rings. The van der Waals surface area contributed by atoms with Crippen LogP contribution < -0.4 is 10.5 Å². The van der Waals surface area contributed by atoms with Crippen LogP contribution in [0.15, 0.2) is 36.7 Å². The maximum absolute atomic E-state index is 5.57. The molecule has 2 N–H and O–H groups in total. The number of anilines is 1. The molecule has 0 radical (unpaired) electrons. The van der Waals surface area contributed by atoms with Crippen molar-refractivity contribution in [2.75, 3.05) is 5.73 Å². The lowest BCUT2D eigenvalue weighted by Gasteiger charge is -2.05. The Labute approximate surface area is 94.1 Å². The van der Waals surface area contributed by atoms with Gasteiger partial charge in [-0.3, -0.25) is 4.98 Å². The normalized spacial score (nSPS) is 10.1. The number of ether oxygens (including phenoxy) is 1. The van der Waals surface area contributed by atoms with Crippen LogP contribution in [0.5, 0.6) is 5.75 Å². The monoisotopic (exact) mass is 215 g/mol. The summed E-state index contributed by atoms with van der Waals surface area (Å²) in [6, 6.07) is 7.87. The first-order valence-electron chi connectivity index (χ1n) is 5.00. The fraction of sp³-hybridized carbons (Fsp3) is 0.167. The van der Waals surface area contributed by atoms with Gasteiger partial charge in [0, 0.05) is 0 Å². The van der Waals surface area contributed by atoms with E-state index >= 15 is 0 Å². The molecule has 0 bridgehead atoms. The lowest BCUT2D eigenvalue weighted by atomic mass is 10.2. The van der Waals surface area contributed by atoms with Crippen LogP contribution in [-0.2, 0) is 6.61 Å². The number of hydrogen-bond acceptors (Lipinski definition) is 4. The molecule has 0 saturated carbocycles. The first kappa shape index (κ1) is 10.4. The van der Waals surface area contributed by atoms with Crippen LogP contribution in [0.2, 0.25) is 0 Å². The van der Waals surface area contributed by atoms with Crippen molar-refractivity contribution in [3.63, 3.8) is 0 Å². The third-order valence-corrected chi connectivity index (χ3v) is 2.10. The summed E-state index contributed by atoms with van der Waals surface area (Å²) in [5, 5.41) is 0. The van der Waals surface area contributed by atoms with Gasteiger partial charge < -0.3 is 10.5 Å². The lowest BCUT2D eigenvalue weighted by Crippen LogP contribution is -2.00. The van der Waals surface area contributed by atoms with Crippen LogP contribution in [0.4, 0.5) is 5.82 Å². The molecule has 0 saturated heterocycles. The van der Waals surface area contributed by atoms with Crippen molar-refractivity contribution in [1.29, 1.82) is 0 Å². The minimum absolute atomic E-state index is 0.400. The van der Waals surface area contributed by atoms with E-state index in [0.717, 1.165) is 11.4 Å².